The first-order valence-electron chi connectivity index (χ1n) is 10.1. The monoisotopic (exact) mass is 411 g/mol. The van der Waals surface area contributed by atoms with Crippen molar-refractivity contribution >= 4 is 22.7 Å². The molecule has 0 unspecified atom stereocenters. The third kappa shape index (κ3) is 3.17. The fourth-order valence-corrected chi connectivity index (χ4v) is 4.05. The van der Waals surface area contributed by atoms with Gasteiger partial charge >= 0.3 is 6.03 Å². The van der Waals surface area contributed by atoms with Crippen LogP contribution in [0.5, 0.6) is 0 Å². The summed E-state index contributed by atoms with van der Waals surface area (Å²) in [5, 5.41) is 4.83. The third-order valence-electron chi connectivity index (χ3n) is 5.77. The molecule has 0 radical (unpaired) electrons. The first kappa shape index (κ1) is 19.1. The van der Waals surface area contributed by atoms with Crippen LogP contribution in [0.2, 0.25) is 0 Å². The quantitative estimate of drug-likeness (QED) is 0.491. The number of nitrogens with zero attached hydrogens (tertiary/aromatic N) is 2. The minimum absolute atomic E-state index is 0.0420. The summed E-state index contributed by atoms with van der Waals surface area (Å²) in [6, 6.07) is 21.0. The van der Waals surface area contributed by atoms with Crippen molar-refractivity contribution in [1.82, 2.24) is 15.2 Å². The number of carbonyl (C=O) groups excluding carboxylic acids is 2. The summed E-state index contributed by atoms with van der Waals surface area (Å²) in [4.78, 5) is 31.8. The lowest BCUT2D eigenvalue weighted by Crippen LogP contribution is -2.41. The number of amides is 3. The average molecular weight is 411 g/mol. The lowest BCUT2D eigenvalue weighted by Gasteiger charge is -2.24. The molecule has 154 valence electrons. The zero-order valence-corrected chi connectivity index (χ0v) is 17.3. The maximum Gasteiger partial charge on any atom is 0.325 e. The number of oxazole rings is 1. The van der Waals surface area contributed by atoms with Gasteiger partial charge in [0.2, 0.25) is 5.89 Å². The molecular weight excluding hydrogens is 390 g/mol. The Morgan fingerprint density at radius 1 is 1.00 bits per heavy atom. The van der Waals surface area contributed by atoms with Crippen LogP contribution in [0.1, 0.15) is 23.7 Å². The van der Waals surface area contributed by atoms with Crippen molar-refractivity contribution in [3.05, 3.63) is 89.8 Å². The van der Waals surface area contributed by atoms with Crippen molar-refractivity contribution in [2.75, 3.05) is 0 Å². The number of fused-ring (bicyclic) bond motifs is 1. The molecule has 0 spiro atoms. The second kappa shape index (κ2) is 7.09. The van der Waals surface area contributed by atoms with E-state index in [0.717, 1.165) is 27.5 Å². The zero-order chi connectivity index (χ0) is 21.6. The summed E-state index contributed by atoms with van der Waals surface area (Å²) in [5.74, 6) is 0.146. The normalized spacial score (nSPS) is 18.6. The molecule has 3 amide bonds. The first-order chi connectivity index (χ1) is 15.0. The number of aryl methyl sites for hydroxylation is 1. The summed E-state index contributed by atoms with van der Waals surface area (Å²) >= 11 is 0. The molecule has 31 heavy (non-hydrogen) atoms. The van der Waals surface area contributed by atoms with Gasteiger partial charge in [-0.15, -0.1) is 0 Å². The molecule has 3 aromatic carbocycles. The second-order valence-electron chi connectivity index (χ2n) is 7.98. The number of benzene rings is 3. The van der Waals surface area contributed by atoms with E-state index in [1.165, 1.54) is 11.2 Å². The van der Waals surface area contributed by atoms with E-state index in [-0.39, 0.29) is 12.5 Å². The molecule has 1 aliphatic heterocycles. The molecule has 1 saturated heterocycles. The predicted molar refractivity (Wildman–Crippen MR) is 117 cm³/mol. The molecule has 1 atom stereocenters. The Kier molecular flexibility index (Phi) is 4.36. The molecule has 1 N–H and O–H groups in total. The summed E-state index contributed by atoms with van der Waals surface area (Å²) < 4.78 is 5.58. The van der Waals surface area contributed by atoms with Crippen LogP contribution < -0.4 is 5.32 Å². The fourth-order valence-electron chi connectivity index (χ4n) is 4.05. The maximum absolute atomic E-state index is 13.4. The summed E-state index contributed by atoms with van der Waals surface area (Å²) in [7, 11) is 0. The second-order valence-corrected chi connectivity index (χ2v) is 7.98. The molecule has 1 aliphatic rings. The number of carbonyl (C=O) groups is 2. The Morgan fingerprint density at radius 2 is 1.74 bits per heavy atom. The summed E-state index contributed by atoms with van der Waals surface area (Å²) in [6.45, 7) is 3.80. The van der Waals surface area contributed by atoms with Crippen LogP contribution in [0.25, 0.3) is 22.2 Å². The lowest BCUT2D eigenvalue weighted by atomic mass is 9.88. The molecule has 6 nitrogen and oxygen atoms in total. The smallest absolute Gasteiger partial charge is 0.325 e. The molecule has 0 bridgehead atoms. The molecular formula is C25H21N3O3. The minimum Gasteiger partial charge on any atom is -0.444 e. The highest BCUT2D eigenvalue weighted by Gasteiger charge is 2.49. The van der Waals surface area contributed by atoms with Gasteiger partial charge in [0.15, 0.2) is 0 Å². The Bertz CT molecular complexity index is 1300. The largest absolute Gasteiger partial charge is 0.444 e. The minimum atomic E-state index is -1.15. The number of aromatic nitrogens is 1. The van der Waals surface area contributed by atoms with Gasteiger partial charge in [0, 0.05) is 5.56 Å². The van der Waals surface area contributed by atoms with Gasteiger partial charge in [0.1, 0.15) is 11.8 Å². The Morgan fingerprint density at radius 3 is 2.55 bits per heavy atom. The molecule has 0 saturated carbocycles. The van der Waals surface area contributed by atoms with Crippen molar-refractivity contribution in [2.24, 2.45) is 0 Å². The van der Waals surface area contributed by atoms with Crippen LogP contribution in [-0.2, 0) is 16.9 Å². The molecule has 5 rings (SSSR count). The van der Waals surface area contributed by atoms with Crippen LogP contribution in [0.3, 0.4) is 0 Å². The van der Waals surface area contributed by atoms with Crippen LogP contribution in [0.4, 0.5) is 4.79 Å². The molecule has 0 aliphatic carbocycles. The van der Waals surface area contributed by atoms with Gasteiger partial charge in [-0.05, 0) is 42.3 Å². The zero-order valence-electron chi connectivity index (χ0n) is 17.3. The Labute approximate surface area is 179 Å². The molecule has 2 heterocycles. The van der Waals surface area contributed by atoms with Crippen LogP contribution in [0, 0.1) is 6.92 Å². The highest BCUT2D eigenvalue weighted by Crippen LogP contribution is 2.34. The van der Waals surface area contributed by atoms with Crippen molar-refractivity contribution in [2.45, 2.75) is 25.9 Å². The van der Waals surface area contributed by atoms with E-state index in [2.05, 4.69) is 10.3 Å². The highest BCUT2D eigenvalue weighted by atomic mass is 16.3. The van der Waals surface area contributed by atoms with Gasteiger partial charge in [-0.2, -0.15) is 0 Å². The first-order valence-corrected chi connectivity index (χ1v) is 10.1. The van der Waals surface area contributed by atoms with E-state index >= 15 is 0 Å². The topological polar surface area (TPSA) is 75.4 Å². The SMILES string of the molecule is Cc1ccc(-c2nc(CN3C(=O)N[C@](C)(c4cccc5ccccc45)C3=O)co2)cc1. The number of hydrogen-bond donors (Lipinski definition) is 1. The highest BCUT2D eigenvalue weighted by molar-refractivity contribution is 6.09. The number of rotatable bonds is 4. The fraction of sp³-hybridized carbons (Fsp3) is 0.160. The van der Waals surface area contributed by atoms with Gasteiger partial charge < -0.3 is 9.73 Å². The van der Waals surface area contributed by atoms with Crippen LogP contribution in [-0.4, -0.2) is 21.8 Å². The third-order valence-corrected chi connectivity index (χ3v) is 5.77. The van der Waals surface area contributed by atoms with Gasteiger partial charge in [-0.25, -0.2) is 9.78 Å². The lowest BCUT2D eigenvalue weighted by molar-refractivity contribution is -0.131. The van der Waals surface area contributed by atoms with E-state index in [9.17, 15) is 9.59 Å². The van der Waals surface area contributed by atoms with E-state index in [0.29, 0.717) is 11.6 Å². The van der Waals surface area contributed by atoms with Crippen LogP contribution in [0.15, 0.2) is 77.4 Å². The predicted octanol–water partition coefficient (Wildman–Crippen LogP) is 4.77. The number of hydrogen-bond acceptors (Lipinski definition) is 4. The summed E-state index contributed by atoms with van der Waals surface area (Å²) in [6.07, 6.45) is 1.49. The van der Waals surface area contributed by atoms with Crippen molar-refractivity contribution in [3.8, 4) is 11.5 Å². The van der Waals surface area contributed by atoms with Crippen molar-refractivity contribution < 1.29 is 14.0 Å². The van der Waals surface area contributed by atoms with Crippen LogP contribution >= 0.6 is 0 Å². The van der Waals surface area contributed by atoms with E-state index in [1.54, 1.807) is 6.92 Å². The maximum atomic E-state index is 13.4. The number of nitrogens with one attached hydrogen (secondary N) is 1. The van der Waals surface area contributed by atoms with Crippen molar-refractivity contribution in [3.63, 3.8) is 0 Å². The molecule has 6 heteroatoms. The Balaban J connectivity index is 1.44. The average Bonchev–Trinajstić information content (AvgIpc) is 3.33. The Hall–Kier alpha value is -3.93. The standard InChI is InChI=1S/C25H21N3O3/c1-16-10-12-18(13-11-16)22-26-19(15-31-22)14-28-23(29)25(2,27-24(28)30)21-9-5-7-17-6-3-4-8-20(17)21/h3-13,15H,14H2,1-2H3,(H,27,30)/t25-/m1/s1. The number of urea groups is 1. The molecule has 4 aromatic rings. The number of imide groups is 1. The van der Waals surface area contributed by atoms with Crippen molar-refractivity contribution in [1.29, 1.82) is 0 Å². The van der Waals surface area contributed by atoms with Gasteiger partial charge in [-0.1, -0.05) is 60.2 Å². The molecule has 1 aromatic heterocycles. The van der Waals surface area contributed by atoms with Gasteiger partial charge in [0.05, 0.1) is 12.2 Å². The van der Waals surface area contributed by atoms with Gasteiger partial charge in [-0.3, -0.25) is 9.69 Å². The van der Waals surface area contributed by atoms with E-state index in [4.69, 9.17) is 4.42 Å². The van der Waals surface area contributed by atoms with E-state index < -0.39 is 11.6 Å². The van der Waals surface area contributed by atoms with Gasteiger partial charge in [0.25, 0.3) is 5.91 Å². The van der Waals surface area contributed by atoms with E-state index in [1.807, 2.05) is 73.7 Å². The summed E-state index contributed by atoms with van der Waals surface area (Å²) in [5.41, 5.74) is 2.12. The molecule has 1 fully saturated rings.